The quantitative estimate of drug-likeness (QED) is 0.702. The lowest BCUT2D eigenvalue weighted by Crippen LogP contribution is -2.09. The molecule has 1 aromatic rings. The molecule has 0 aromatic carbocycles. The van der Waals surface area contributed by atoms with Gasteiger partial charge in [0.25, 0.3) is 0 Å². The molecule has 1 heterocycles. The molecular formula is C12H21N3O2. The molecular weight excluding hydrogens is 218 g/mol. The fraction of sp³-hybridized carbons (Fsp3) is 0.667. The van der Waals surface area contributed by atoms with E-state index in [4.69, 9.17) is 9.47 Å². The zero-order valence-corrected chi connectivity index (χ0v) is 10.8. The van der Waals surface area contributed by atoms with E-state index in [1.54, 1.807) is 6.07 Å². The molecule has 0 aliphatic carbocycles. The number of ether oxygens (including phenoxy) is 2. The molecule has 0 unspecified atom stereocenters. The molecule has 0 bridgehead atoms. The Morgan fingerprint density at radius 2 is 2.00 bits per heavy atom. The summed E-state index contributed by atoms with van der Waals surface area (Å²) in [5, 5.41) is 2.99. The highest BCUT2D eigenvalue weighted by molar-refractivity contribution is 5.37. The standard InChI is InChI=1S/C12H21N3O2/c1-4-6-16-7-8-17-12-9-11(13-3)14-10(5-2)15-12/h9H,4-8H2,1-3H3,(H,13,14,15). The second-order valence-electron chi connectivity index (χ2n) is 3.57. The fourth-order valence-electron chi connectivity index (χ4n) is 1.28. The van der Waals surface area contributed by atoms with Gasteiger partial charge in [-0.25, -0.2) is 4.98 Å². The Bertz CT molecular complexity index is 309. The summed E-state index contributed by atoms with van der Waals surface area (Å²) in [6.45, 7) is 5.98. The van der Waals surface area contributed by atoms with Crippen LogP contribution in [0.5, 0.6) is 5.88 Å². The van der Waals surface area contributed by atoms with Gasteiger partial charge in [0.15, 0.2) is 0 Å². The van der Waals surface area contributed by atoms with Gasteiger partial charge in [-0.05, 0) is 6.42 Å². The van der Waals surface area contributed by atoms with E-state index in [1.807, 2.05) is 14.0 Å². The van der Waals surface area contributed by atoms with Gasteiger partial charge < -0.3 is 14.8 Å². The number of hydrogen-bond donors (Lipinski definition) is 1. The van der Waals surface area contributed by atoms with Gasteiger partial charge in [0.1, 0.15) is 18.2 Å². The van der Waals surface area contributed by atoms with Crippen molar-refractivity contribution in [3.8, 4) is 5.88 Å². The number of rotatable bonds is 8. The molecule has 0 amide bonds. The molecule has 1 rings (SSSR count). The Kier molecular flexibility index (Phi) is 6.32. The minimum absolute atomic E-state index is 0.517. The van der Waals surface area contributed by atoms with Crippen molar-refractivity contribution in [2.24, 2.45) is 0 Å². The van der Waals surface area contributed by atoms with Gasteiger partial charge in [0, 0.05) is 26.1 Å². The monoisotopic (exact) mass is 239 g/mol. The zero-order chi connectivity index (χ0) is 12.5. The number of anilines is 1. The molecule has 96 valence electrons. The van der Waals surface area contributed by atoms with E-state index in [0.29, 0.717) is 19.1 Å². The van der Waals surface area contributed by atoms with Crippen LogP contribution in [0.2, 0.25) is 0 Å². The summed E-state index contributed by atoms with van der Waals surface area (Å²) in [5.41, 5.74) is 0. The van der Waals surface area contributed by atoms with Gasteiger partial charge in [-0.1, -0.05) is 13.8 Å². The molecule has 0 saturated carbocycles. The summed E-state index contributed by atoms with van der Waals surface area (Å²) in [6.07, 6.45) is 1.82. The number of aromatic nitrogens is 2. The van der Waals surface area contributed by atoms with E-state index >= 15 is 0 Å². The summed E-state index contributed by atoms with van der Waals surface area (Å²) in [7, 11) is 1.83. The van der Waals surface area contributed by atoms with E-state index in [1.165, 1.54) is 0 Å². The Morgan fingerprint density at radius 3 is 2.65 bits per heavy atom. The van der Waals surface area contributed by atoms with Crippen LogP contribution >= 0.6 is 0 Å². The van der Waals surface area contributed by atoms with Gasteiger partial charge in [-0.3, -0.25) is 0 Å². The molecule has 0 atom stereocenters. The Labute approximate surface area is 103 Å². The second-order valence-corrected chi connectivity index (χ2v) is 3.57. The van der Waals surface area contributed by atoms with E-state index in [0.717, 1.165) is 31.1 Å². The minimum atomic E-state index is 0.517. The molecule has 17 heavy (non-hydrogen) atoms. The van der Waals surface area contributed by atoms with Crippen LogP contribution < -0.4 is 10.1 Å². The minimum Gasteiger partial charge on any atom is -0.475 e. The van der Waals surface area contributed by atoms with Crippen molar-refractivity contribution < 1.29 is 9.47 Å². The average Bonchev–Trinajstić information content (AvgIpc) is 2.38. The summed E-state index contributed by atoms with van der Waals surface area (Å²) in [5.74, 6) is 2.16. The molecule has 5 heteroatoms. The van der Waals surface area contributed by atoms with Crippen molar-refractivity contribution in [2.75, 3.05) is 32.2 Å². The molecule has 5 nitrogen and oxygen atoms in total. The molecule has 1 aromatic heterocycles. The summed E-state index contributed by atoms with van der Waals surface area (Å²) >= 11 is 0. The van der Waals surface area contributed by atoms with Crippen molar-refractivity contribution in [3.05, 3.63) is 11.9 Å². The average molecular weight is 239 g/mol. The van der Waals surface area contributed by atoms with Crippen molar-refractivity contribution in [3.63, 3.8) is 0 Å². The first-order chi connectivity index (χ1) is 8.30. The number of nitrogens with one attached hydrogen (secondary N) is 1. The third-order valence-corrected chi connectivity index (χ3v) is 2.15. The molecule has 0 aliphatic heterocycles. The molecule has 0 spiro atoms. The highest BCUT2D eigenvalue weighted by Crippen LogP contribution is 2.13. The van der Waals surface area contributed by atoms with Crippen LogP contribution in [0.1, 0.15) is 26.1 Å². The van der Waals surface area contributed by atoms with Crippen LogP contribution in [0.3, 0.4) is 0 Å². The summed E-state index contributed by atoms with van der Waals surface area (Å²) < 4.78 is 10.9. The molecule has 0 radical (unpaired) electrons. The highest BCUT2D eigenvalue weighted by Gasteiger charge is 2.03. The number of aryl methyl sites for hydroxylation is 1. The van der Waals surface area contributed by atoms with Gasteiger partial charge in [-0.15, -0.1) is 0 Å². The fourth-order valence-corrected chi connectivity index (χ4v) is 1.28. The smallest absolute Gasteiger partial charge is 0.218 e. The van der Waals surface area contributed by atoms with Crippen LogP contribution in [0, 0.1) is 0 Å². The Hall–Kier alpha value is -1.36. The predicted molar refractivity (Wildman–Crippen MR) is 67.6 cm³/mol. The van der Waals surface area contributed by atoms with E-state index < -0.39 is 0 Å². The predicted octanol–water partition coefficient (Wildman–Crippen LogP) is 1.89. The number of hydrogen-bond acceptors (Lipinski definition) is 5. The summed E-state index contributed by atoms with van der Waals surface area (Å²) in [4.78, 5) is 8.58. The number of nitrogens with zero attached hydrogens (tertiary/aromatic N) is 2. The zero-order valence-electron chi connectivity index (χ0n) is 10.8. The SMILES string of the molecule is CCCOCCOc1cc(NC)nc(CC)n1. The van der Waals surface area contributed by atoms with Gasteiger partial charge in [0.05, 0.1) is 6.61 Å². The normalized spacial score (nSPS) is 10.3. The van der Waals surface area contributed by atoms with Crippen LogP contribution in [0.4, 0.5) is 5.82 Å². The van der Waals surface area contributed by atoms with Gasteiger partial charge in [-0.2, -0.15) is 4.98 Å². The first kappa shape index (κ1) is 13.7. The maximum atomic E-state index is 5.52. The largest absolute Gasteiger partial charge is 0.475 e. The molecule has 1 N–H and O–H groups in total. The summed E-state index contributed by atoms with van der Waals surface area (Å²) in [6, 6.07) is 1.79. The van der Waals surface area contributed by atoms with Crippen LogP contribution in [-0.2, 0) is 11.2 Å². The maximum Gasteiger partial charge on any atom is 0.218 e. The lowest BCUT2D eigenvalue weighted by atomic mass is 10.4. The van der Waals surface area contributed by atoms with Gasteiger partial charge >= 0.3 is 0 Å². The van der Waals surface area contributed by atoms with Crippen molar-refractivity contribution in [1.82, 2.24) is 9.97 Å². The third kappa shape index (κ3) is 4.99. The van der Waals surface area contributed by atoms with Crippen LogP contribution in [0.25, 0.3) is 0 Å². The van der Waals surface area contributed by atoms with Crippen LogP contribution in [0.15, 0.2) is 6.07 Å². The molecule has 0 saturated heterocycles. The van der Waals surface area contributed by atoms with E-state index in [2.05, 4.69) is 22.2 Å². The second kappa shape index (κ2) is 7.84. The Balaban J connectivity index is 2.46. The topological polar surface area (TPSA) is 56.3 Å². The van der Waals surface area contributed by atoms with Crippen LogP contribution in [-0.4, -0.2) is 36.8 Å². The third-order valence-electron chi connectivity index (χ3n) is 2.15. The lowest BCUT2D eigenvalue weighted by Gasteiger charge is -2.08. The first-order valence-electron chi connectivity index (χ1n) is 6.06. The molecule has 0 fully saturated rings. The first-order valence-corrected chi connectivity index (χ1v) is 6.06. The maximum absolute atomic E-state index is 5.52. The van der Waals surface area contributed by atoms with E-state index in [9.17, 15) is 0 Å². The van der Waals surface area contributed by atoms with Gasteiger partial charge in [0.2, 0.25) is 5.88 Å². The highest BCUT2D eigenvalue weighted by atomic mass is 16.5. The van der Waals surface area contributed by atoms with E-state index in [-0.39, 0.29) is 0 Å². The molecule has 0 aliphatic rings. The van der Waals surface area contributed by atoms with Crippen molar-refractivity contribution in [1.29, 1.82) is 0 Å². The van der Waals surface area contributed by atoms with Crippen molar-refractivity contribution >= 4 is 5.82 Å². The Morgan fingerprint density at radius 1 is 1.18 bits per heavy atom. The lowest BCUT2D eigenvalue weighted by molar-refractivity contribution is 0.0989. The van der Waals surface area contributed by atoms with Crippen molar-refractivity contribution in [2.45, 2.75) is 26.7 Å².